The summed E-state index contributed by atoms with van der Waals surface area (Å²) in [6, 6.07) is 12.2. The summed E-state index contributed by atoms with van der Waals surface area (Å²) < 4.78 is 56.2. The summed E-state index contributed by atoms with van der Waals surface area (Å²) in [6.45, 7) is 1.58. The normalized spacial score (nSPS) is 16.1. The lowest BCUT2D eigenvalue weighted by molar-refractivity contribution is 0.00700. The molecule has 0 N–H and O–H groups in total. The molecule has 2 aromatic rings. The van der Waals surface area contributed by atoms with Gasteiger partial charge in [0.05, 0.1) is 24.7 Å². The minimum atomic E-state index is -3.51. The van der Waals surface area contributed by atoms with E-state index in [4.69, 9.17) is 14.2 Å². The monoisotopic (exact) mass is 409 g/mol. The van der Waals surface area contributed by atoms with Gasteiger partial charge >= 0.3 is 0 Å². The SMILES string of the molecule is COc1ccc(S(=O)(=O)N2CCC(OCCOc3ccc(F)cc3)CC2)cc1. The summed E-state index contributed by atoms with van der Waals surface area (Å²) in [7, 11) is -1.97. The minimum Gasteiger partial charge on any atom is -0.497 e. The van der Waals surface area contributed by atoms with Gasteiger partial charge in [0.15, 0.2) is 0 Å². The Balaban J connectivity index is 1.42. The predicted molar refractivity (Wildman–Crippen MR) is 103 cm³/mol. The number of halogens is 1. The molecular weight excluding hydrogens is 385 g/mol. The van der Waals surface area contributed by atoms with E-state index in [9.17, 15) is 12.8 Å². The lowest BCUT2D eigenvalue weighted by Crippen LogP contribution is -2.41. The zero-order chi connectivity index (χ0) is 20.0. The maximum absolute atomic E-state index is 12.8. The van der Waals surface area contributed by atoms with Crippen molar-refractivity contribution in [1.82, 2.24) is 4.31 Å². The van der Waals surface area contributed by atoms with Crippen molar-refractivity contribution in [2.45, 2.75) is 23.8 Å². The highest BCUT2D eigenvalue weighted by Crippen LogP contribution is 2.23. The van der Waals surface area contributed by atoms with Crippen LogP contribution in [0.3, 0.4) is 0 Å². The number of piperidine rings is 1. The van der Waals surface area contributed by atoms with Crippen molar-refractivity contribution in [1.29, 1.82) is 0 Å². The Morgan fingerprint density at radius 1 is 0.964 bits per heavy atom. The molecule has 0 unspecified atom stereocenters. The minimum absolute atomic E-state index is 0.000801. The van der Waals surface area contributed by atoms with Gasteiger partial charge in [0.25, 0.3) is 0 Å². The van der Waals surface area contributed by atoms with Gasteiger partial charge in [-0.15, -0.1) is 0 Å². The van der Waals surface area contributed by atoms with Crippen LogP contribution in [0.4, 0.5) is 4.39 Å². The van der Waals surface area contributed by atoms with Crippen LogP contribution < -0.4 is 9.47 Å². The fraction of sp³-hybridized carbons (Fsp3) is 0.400. The van der Waals surface area contributed by atoms with Gasteiger partial charge in [0.1, 0.15) is 23.9 Å². The molecule has 0 atom stereocenters. The molecule has 0 saturated carbocycles. The molecule has 8 heteroatoms. The van der Waals surface area contributed by atoms with Gasteiger partial charge in [-0.05, 0) is 61.4 Å². The van der Waals surface area contributed by atoms with Crippen molar-refractivity contribution < 1.29 is 27.0 Å². The van der Waals surface area contributed by atoms with Gasteiger partial charge in [0, 0.05) is 13.1 Å². The van der Waals surface area contributed by atoms with Crippen LogP contribution in [0.5, 0.6) is 11.5 Å². The Morgan fingerprint density at radius 2 is 1.57 bits per heavy atom. The highest BCUT2D eigenvalue weighted by molar-refractivity contribution is 7.89. The Bertz CT molecular complexity index is 847. The number of hydrogen-bond acceptors (Lipinski definition) is 5. The van der Waals surface area contributed by atoms with Gasteiger partial charge in [-0.1, -0.05) is 0 Å². The molecule has 0 amide bonds. The third-order valence-corrected chi connectivity index (χ3v) is 6.53. The first-order valence-corrected chi connectivity index (χ1v) is 10.6. The highest BCUT2D eigenvalue weighted by atomic mass is 32.2. The number of hydrogen-bond donors (Lipinski definition) is 0. The topological polar surface area (TPSA) is 65.1 Å². The number of nitrogens with zero attached hydrogens (tertiary/aromatic N) is 1. The van der Waals surface area contributed by atoms with Crippen molar-refractivity contribution in [3.63, 3.8) is 0 Å². The van der Waals surface area contributed by atoms with Crippen LogP contribution in [0.15, 0.2) is 53.4 Å². The zero-order valence-corrected chi connectivity index (χ0v) is 16.5. The molecule has 0 bridgehead atoms. The van der Waals surface area contributed by atoms with Crippen molar-refractivity contribution in [3.8, 4) is 11.5 Å². The van der Waals surface area contributed by atoms with Gasteiger partial charge in [-0.25, -0.2) is 12.8 Å². The first-order chi connectivity index (χ1) is 13.5. The summed E-state index contributed by atoms with van der Waals surface area (Å²) in [6.07, 6.45) is 1.26. The first-order valence-electron chi connectivity index (χ1n) is 9.13. The van der Waals surface area contributed by atoms with Crippen LogP contribution in [0, 0.1) is 5.82 Å². The summed E-state index contributed by atoms with van der Waals surface area (Å²) >= 11 is 0. The summed E-state index contributed by atoms with van der Waals surface area (Å²) in [5.41, 5.74) is 0. The second-order valence-electron chi connectivity index (χ2n) is 6.45. The summed E-state index contributed by atoms with van der Waals surface area (Å²) in [5.74, 6) is 0.902. The highest BCUT2D eigenvalue weighted by Gasteiger charge is 2.29. The number of rotatable bonds is 8. The maximum Gasteiger partial charge on any atom is 0.243 e. The van der Waals surface area contributed by atoms with Crippen molar-refractivity contribution in [2.24, 2.45) is 0 Å². The van der Waals surface area contributed by atoms with Crippen LogP contribution in [0.1, 0.15) is 12.8 Å². The third-order valence-electron chi connectivity index (χ3n) is 4.62. The molecule has 0 radical (unpaired) electrons. The van der Waals surface area contributed by atoms with Crippen molar-refractivity contribution in [3.05, 3.63) is 54.3 Å². The summed E-state index contributed by atoms with van der Waals surface area (Å²) in [5, 5.41) is 0. The molecule has 28 heavy (non-hydrogen) atoms. The van der Waals surface area contributed by atoms with Crippen molar-refractivity contribution >= 4 is 10.0 Å². The molecule has 1 saturated heterocycles. The molecule has 0 aliphatic carbocycles. The fourth-order valence-corrected chi connectivity index (χ4v) is 4.51. The van der Waals surface area contributed by atoms with Crippen LogP contribution >= 0.6 is 0 Å². The average molecular weight is 409 g/mol. The van der Waals surface area contributed by atoms with E-state index in [0.717, 1.165) is 0 Å². The molecule has 3 rings (SSSR count). The Kier molecular flexibility index (Phi) is 6.88. The second-order valence-corrected chi connectivity index (χ2v) is 8.39. The molecule has 1 fully saturated rings. The third kappa shape index (κ3) is 5.21. The Morgan fingerprint density at radius 3 is 2.18 bits per heavy atom. The van der Waals surface area contributed by atoms with E-state index in [0.29, 0.717) is 50.6 Å². The smallest absolute Gasteiger partial charge is 0.243 e. The zero-order valence-electron chi connectivity index (χ0n) is 15.7. The first kappa shape index (κ1) is 20.6. The second kappa shape index (κ2) is 9.36. The molecule has 6 nitrogen and oxygen atoms in total. The van der Waals surface area contributed by atoms with E-state index in [1.807, 2.05) is 0 Å². The van der Waals surface area contributed by atoms with Gasteiger partial charge in [-0.2, -0.15) is 4.31 Å². The van der Waals surface area contributed by atoms with Crippen LogP contribution in [-0.2, 0) is 14.8 Å². The van der Waals surface area contributed by atoms with Gasteiger partial charge in [-0.3, -0.25) is 0 Å². The lowest BCUT2D eigenvalue weighted by Gasteiger charge is -2.31. The Hall–Kier alpha value is -2.16. The quantitative estimate of drug-likeness (QED) is 0.627. The molecule has 2 aromatic carbocycles. The number of sulfonamides is 1. The number of methoxy groups -OCH3 is 1. The van der Waals surface area contributed by atoms with E-state index in [2.05, 4.69) is 0 Å². The van der Waals surface area contributed by atoms with E-state index >= 15 is 0 Å². The van der Waals surface area contributed by atoms with Gasteiger partial charge in [0.2, 0.25) is 10.0 Å². The largest absolute Gasteiger partial charge is 0.497 e. The number of ether oxygens (including phenoxy) is 3. The van der Waals surface area contributed by atoms with Crippen LogP contribution in [0.25, 0.3) is 0 Å². The molecule has 0 spiro atoms. The summed E-state index contributed by atoms with van der Waals surface area (Å²) in [4.78, 5) is 0.264. The number of benzene rings is 2. The van der Waals surface area contributed by atoms with E-state index in [1.165, 1.54) is 16.4 Å². The molecule has 0 aromatic heterocycles. The predicted octanol–water partition coefficient (Wildman–Crippen LogP) is 3.08. The molecular formula is C20H24FNO5S. The molecule has 1 heterocycles. The van der Waals surface area contributed by atoms with E-state index in [1.54, 1.807) is 43.5 Å². The average Bonchev–Trinajstić information content (AvgIpc) is 2.73. The standard InChI is InChI=1S/C20H24FNO5S/c1-25-17-6-8-20(9-7-17)28(23,24)22-12-10-19(11-13-22)27-15-14-26-18-4-2-16(21)3-5-18/h2-9,19H,10-15H2,1H3. The van der Waals surface area contributed by atoms with Crippen molar-refractivity contribution in [2.75, 3.05) is 33.4 Å². The van der Waals surface area contributed by atoms with Gasteiger partial charge < -0.3 is 14.2 Å². The molecule has 152 valence electrons. The maximum atomic E-state index is 12.8. The lowest BCUT2D eigenvalue weighted by atomic mass is 10.1. The van der Waals surface area contributed by atoms with E-state index in [-0.39, 0.29) is 16.8 Å². The Labute approximate surface area is 164 Å². The van der Waals surface area contributed by atoms with Crippen LogP contribution in [-0.4, -0.2) is 52.2 Å². The molecule has 1 aliphatic heterocycles. The fourth-order valence-electron chi connectivity index (χ4n) is 3.04. The van der Waals surface area contributed by atoms with E-state index < -0.39 is 10.0 Å². The van der Waals surface area contributed by atoms with Crippen LogP contribution in [0.2, 0.25) is 0 Å². The molecule has 1 aliphatic rings.